The van der Waals surface area contributed by atoms with Gasteiger partial charge in [-0.3, -0.25) is 14.6 Å². The van der Waals surface area contributed by atoms with Gasteiger partial charge < -0.3 is 10.2 Å². The van der Waals surface area contributed by atoms with Crippen molar-refractivity contribution < 1.29 is 19.8 Å². The molecule has 1 fully saturated rings. The Morgan fingerprint density at radius 2 is 1.56 bits per heavy atom. The number of carbonyl (C=O) groups is 2. The molecule has 2 aliphatic rings. The third-order valence-electron chi connectivity index (χ3n) is 3.89. The highest BCUT2D eigenvalue weighted by atomic mass is 16.4. The van der Waals surface area contributed by atoms with Crippen LogP contribution in [0.4, 0.5) is 4.79 Å². The summed E-state index contributed by atoms with van der Waals surface area (Å²) in [5, 5.41) is 21.3. The van der Waals surface area contributed by atoms with Crippen LogP contribution < -0.4 is 0 Å². The maximum atomic E-state index is 12.3. The summed E-state index contributed by atoms with van der Waals surface area (Å²) in [7, 11) is 2.65. The zero-order valence-corrected chi connectivity index (χ0v) is 9.91. The largest absolute Gasteiger partial charge is 0.362 e. The minimum atomic E-state index is -2.26. The van der Waals surface area contributed by atoms with E-state index in [9.17, 15) is 19.8 Å². The highest BCUT2D eigenvalue weighted by molar-refractivity contribution is 6.11. The van der Waals surface area contributed by atoms with Crippen LogP contribution in [0, 0.1) is 0 Å². The number of urea groups is 1. The van der Waals surface area contributed by atoms with Crippen molar-refractivity contribution in [3.63, 3.8) is 0 Å². The van der Waals surface area contributed by atoms with Crippen molar-refractivity contribution in [1.29, 1.82) is 0 Å². The van der Waals surface area contributed by atoms with Crippen molar-refractivity contribution in [3.8, 4) is 0 Å². The van der Waals surface area contributed by atoms with E-state index in [0.29, 0.717) is 0 Å². The third-order valence-corrected chi connectivity index (χ3v) is 3.89. The molecule has 0 bridgehead atoms. The fraction of sp³-hybridized carbons (Fsp3) is 0.333. The van der Waals surface area contributed by atoms with E-state index in [2.05, 4.69) is 0 Å². The van der Waals surface area contributed by atoms with Crippen LogP contribution in [-0.2, 0) is 5.72 Å². The lowest BCUT2D eigenvalue weighted by atomic mass is 9.99. The van der Waals surface area contributed by atoms with Crippen molar-refractivity contribution in [3.05, 3.63) is 35.4 Å². The van der Waals surface area contributed by atoms with Gasteiger partial charge in [0, 0.05) is 25.2 Å². The Kier molecular flexibility index (Phi) is 1.81. The molecule has 1 heterocycles. The van der Waals surface area contributed by atoms with Crippen LogP contribution >= 0.6 is 0 Å². The number of fused-ring (bicyclic) bond motifs is 3. The van der Waals surface area contributed by atoms with Crippen LogP contribution in [0.25, 0.3) is 0 Å². The summed E-state index contributed by atoms with van der Waals surface area (Å²) in [6.45, 7) is 0. The summed E-state index contributed by atoms with van der Waals surface area (Å²) in [4.78, 5) is 26.0. The molecule has 18 heavy (non-hydrogen) atoms. The van der Waals surface area contributed by atoms with Crippen molar-refractivity contribution >= 4 is 11.8 Å². The number of rotatable bonds is 0. The summed E-state index contributed by atoms with van der Waals surface area (Å²) in [5.74, 6) is -0.666. The number of amides is 2. The Bertz CT molecular complexity index is 587. The fourth-order valence-corrected chi connectivity index (χ4v) is 2.82. The van der Waals surface area contributed by atoms with Gasteiger partial charge in [0.15, 0.2) is 0 Å². The minimum absolute atomic E-state index is 0.230. The third kappa shape index (κ3) is 0.824. The Balaban J connectivity index is 2.38. The summed E-state index contributed by atoms with van der Waals surface area (Å²) >= 11 is 0. The molecule has 0 radical (unpaired) electrons. The molecule has 0 saturated carbocycles. The molecule has 2 amide bonds. The molecule has 1 saturated heterocycles. The smallest absolute Gasteiger partial charge is 0.324 e. The number of carbonyl (C=O) groups excluding carboxylic acids is 2. The number of aliphatic hydroxyl groups is 2. The van der Waals surface area contributed by atoms with Gasteiger partial charge in [-0.15, -0.1) is 0 Å². The van der Waals surface area contributed by atoms with E-state index in [0.717, 1.165) is 9.80 Å². The zero-order valence-electron chi connectivity index (χ0n) is 9.91. The second-order valence-corrected chi connectivity index (χ2v) is 4.62. The van der Waals surface area contributed by atoms with Crippen LogP contribution in [0.15, 0.2) is 24.3 Å². The first-order chi connectivity index (χ1) is 8.36. The molecule has 0 spiro atoms. The summed E-state index contributed by atoms with van der Waals surface area (Å²) < 4.78 is 0. The van der Waals surface area contributed by atoms with Gasteiger partial charge in [0.2, 0.25) is 11.5 Å². The van der Waals surface area contributed by atoms with E-state index in [-0.39, 0.29) is 11.1 Å². The summed E-state index contributed by atoms with van der Waals surface area (Å²) in [5.41, 5.74) is -3.82. The number of benzene rings is 1. The van der Waals surface area contributed by atoms with Crippen LogP contribution in [0.1, 0.15) is 15.9 Å². The number of Topliss-reactive ketones (excluding diaryl/α,β-unsaturated/α-hetero) is 1. The maximum absolute atomic E-state index is 12.3. The molecular weight excluding hydrogens is 236 g/mol. The van der Waals surface area contributed by atoms with E-state index in [1.807, 2.05) is 0 Å². The maximum Gasteiger partial charge on any atom is 0.324 e. The Morgan fingerprint density at radius 1 is 1.00 bits per heavy atom. The number of nitrogens with zero attached hydrogens (tertiary/aromatic N) is 2. The second kappa shape index (κ2) is 2.90. The van der Waals surface area contributed by atoms with E-state index < -0.39 is 23.3 Å². The second-order valence-electron chi connectivity index (χ2n) is 4.62. The first kappa shape index (κ1) is 11.2. The normalized spacial score (nSPS) is 34.0. The molecule has 1 aromatic carbocycles. The average Bonchev–Trinajstić information content (AvgIpc) is 2.65. The zero-order chi connectivity index (χ0) is 13.3. The van der Waals surface area contributed by atoms with E-state index in [1.165, 1.54) is 26.2 Å². The van der Waals surface area contributed by atoms with Crippen molar-refractivity contribution in [2.24, 2.45) is 0 Å². The minimum Gasteiger partial charge on any atom is -0.362 e. The molecule has 2 atom stereocenters. The van der Waals surface area contributed by atoms with Gasteiger partial charge in [0.1, 0.15) is 0 Å². The molecule has 2 N–H and O–H groups in total. The van der Waals surface area contributed by atoms with Gasteiger partial charge in [0.05, 0.1) is 0 Å². The van der Waals surface area contributed by atoms with Crippen LogP contribution in [0.2, 0.25) is 0 Å². The number of likely N-dealkylation sites (N-methyl/N-ethyl adjacent to an activating group) is 2. The fourth-order valence-electron chi connectivity index (χ4n) is 2.82. The first-order valence-corrected chi connectivity index (χ1v) is 5.47. The lowest BCUT2D eigenvalue weighted by Crippen LogP contribution is -2.58. The molecule has 1 aliphatic carbocycles. The van der Waals surface area contributed by atoms with Gasteiger partial charge in [0.25, 0.3) is 5.72 Å². The van der Waals surface area contributed by atoms with E-state index >= 15 is 0 Å². The molecule has 1 aliphatic heterocycles. The molecule has 0 aromatic heterocycles. The average molecular weight is 248 g/mol. The van der Waals surface area contributed by atoms with Gasteiger partial charge in [-0.1, -0.05) is 24.3 Å². The SMILES string of the molecule is CN1C(=O)N(C)[C@@]2(O)c3ccccc3C(=O)[C@@]12O. The van der Waals surface area contributed by atoms with Crippen LogP contribution in [0.5, 0.6) is 0 Å². The van der Waals surface area contributed by atoms with Gasteiger partial charge in [-0.25, -0.2) is 4.79 Å². The number of hydrogen-bond donors (Lipinski definition) is 2. The van der Waals surface area contributed by atoms with Gasteiger partial charge in [-0.2, -0.15) is 0 Å². The van der Waals surface area contributed by atoms with Gasteiger partial charge in [-0.05, 0) is 0 Å². The number of ketones is 1. The van der Waals surface area contributed by atoms with E-state index in [1.54, 1.807) is 12.1 Å². The molecule has 94 valence electrons. The highest BCUT2D eigenvalue weighted by Gasteiger charge is 2.73. The van der Waals surface area contributed by atoms with E-state index in [4.69, 9.17) is 0 Å². The summed E-state index contributed by atoms with van der Waals surface area (Å²) in [6.07, 6.45) is 0. The van der Waals surface area contributed by atoms with Crippen molar-refractivity contribution in [2.45, 2.75) is 11.4 Å². The molecule has 6 heteroatoms. The predicted molar refractivity (Wildman–Crippen MR) is 60.5 cm³/mol. The first-order valence-electron chi connectivity index (χ1n) is 5.47. The van der Waals surface area contributed by atoms with Crippen LogP contribution in [0.3, 0.4) is 0 Å². The van der Waals surface area contributed by atoms with Crippen LogP contribution in [-0.4, -0.2) is 51.6 Å². The lowest BCUT2D eigenvalue weighted by Gasteiger charge is -2.34. The molecule has 0 unspecified atom stereocenters. The van der Waals surface area contributed by atoms with Gasteiger partial charge >= 0.3 is 6.03 Å². The monoisotopic (exact) mass is 248 g/mol. The van der Waals surface area contributed by atoms with Crippen molar-refractivity contribution in [2.75, 3.05) is 14.1 Å². The Morgan fingerprint density at radius 3 is 2.22 bits per heavy atom. The number of hydrogen-bond acceptors (Lipinski definition) is 4. The highest BCUT2D eigenvalue weighted by Crippen LogP contribution is 2.51. The predicted octanol–water partition coefficient (Wildman–Crippen LogP) is -0.286. The standard InChI is InChI=1S/C12H12N2O4/c1-13-10(16)14(2)12(18)9(15)7-5-3-4-6-8(7)11(12,13)17/h3-6,17-18H,1-2H3/t11-,12+/m1/s1. The summed E-state index contributed by atoms with van der Waals surface area (Å²) in [6, 6.07) is 5.74. The quantitative estimate of drug-likeness (QED) is 0.661. The molecule has 1 aromatic rings. The lowest BCUT2D eigenvalue weighted by molar-refractivity contribution is -0.192. The molecule has 3 rings (SSSR count). The Hall–Kier alpha value is -1.92. The molecule has 6 nitrogen and oxygen atoms in total. The topological polar surface area (TPSA) is 81.1 Å². The van der Waals surface area contributed by atoms with Crippen molar-refractivity contribution in [1.82, 2.24) is 9.80 Å². The molecular formula is C12H12N2O4. The Labute approximate surface area is 103 Å².